The van der Waals surface area contributed by atoms with Crippen molar-refractivity contribution >= 4 is 43.3 Å². The first-order valence-corrected chi connectivity index (χ1v) is 9.21. The summed E-state index contributed by atoms with van der Waals surface area (Å²) in [5, 5.41) is 9.10. The number of nitrogens with one attached hydrogen (secondary N) is 1. The van der Waals surface area contributed by atoms with Crippen LogP contribution >= 0.6 is 27.3 Å². The zero-order valence-corrected chi connectivity index (χ0v) is 14.7. The molecular weight excluding hydrogens is 366 g/mol. The Morgan fingerprint density at radius 1 is 1.50 bits per heavy atom. The Bertz CT molecular complexity index is 561. The number of carboxylic acids is 1. The lowest BCUT2D eigenvalue weighted by Gasteiger charge is -2.15. The molecule has 0 aliphatic heterocycles. The Morgan fingerprint density at radius 2 is 2.10 bits per heavy atom. The molecule has 1 aromatic heterocycles. The van der Waals surface area contributed by atoms with Gasteiger partial charge < -0.3 is 5.11 Å². The first-order valence-electron chi connectivity index (χ1n) is 6.12. The van der Waals surface area contributed by atoms with Gasteiger partial charge in [-0.2, -0.15) is 0 Å². The lowest BCUT2D eigenvalue weighted by molar-refractivity contribution is -0.142. The molecule has 20 heavy (non-hydrogen) atoms. The largest absolute Gasteiger partial charge is 0.481 e. The molecule has 1 aromatic rings. The van der Waals surface area contributed by atoms with E-state index in [-0.39, 0.29) is 16.7 Å². The van der Waals surface area contributed by atoms with Crippen LogP contribution in [0.5, 0.6) is 0 Å². The number of aliphatic carboxylic acids is 1. The molecule has 0 fully saturated rings. The summed E-state index contributed by atoms with van der Waals surface area (Å²) in [5.41, 5.74) is 0.840. The van der Waals surface area contributed by atoms with E-state index < -0.39 is 21.9 Å². The van der Waals surface area contributed by atoms with Crippen molar-refractivity contribution in [3.63, 3.8) is 0 Å². The molecule has 0 bridgehead atoms. The number of halogens is 1. The molecule has 0 spiro atoms. The predicted octanol–water partition coefficient (Wildman–Crippen LogP) is 2.84. The van der Waals surface area contributed by atoms with Gasteiger partial charge in [0.25, 0.3) is 0 Å². The Hall–Kier alpha value is -0.440. The third kappa shape index (κ3) is 4.83. The second kappa shape index (κ2) is 7.02. The van der Waals surface area contributed by atoms with Crippen LogP contribution in [0.2, 0.25) is 0 Å². The van der Waals surface area contributed by atoms with Crippen molar-refractivity contribution in [3.05, 3.63) is 15.4 Å². The molecule has 1 rings (SSSR count). The summed E-state index contributed by atoms with van der Waals surface area (Å²) in [6, 6.07) is 1.56. The van der Waals surface area contributed by atoms with Gasteiger partial charge in [0.1, 0.15) is 4.21 Å². The van der Waals surface area contributed by atoms with Gasteiger partial charge in [-0.15, -0.1) is 11.3 Å². The van der Waals surface area contributed by atoms with E-state index >= 15 is 0 Å². The third-order valence-electron chi connectivity index (χ3n) is 2.72. The number of carbonyl (C=O) groups is 1. The molecule has 1 heterocycles. The maximum absolute atomic E-state index is 12.1. The quantitative estimate of drug-likeness (QED) is 0.757. The van der Waals surface area contributed by atoms with Crippen molar-refractivity contribution in [3.8, 4) is 0 Å². The average Bonchev–Trinajstić information content (AvgIpc) is 2.65. The summed E-state index contributed by atoms with van der Waals surface area (Å²) in [5.74, 6) is -1.50. The van der Waals surface area contributed by atoms with Gasteiger partial charge in [0, 0.05) is 6.54 Å². The lowest BCUT2D eigenvalue weighted by atomic mass is 9.98. The van der Waals surface area contributed by atoms with Crippen LogP contribution < -0.4 is 4.72 Å². The zero-order valence-electron chi connectivity index (χ0n) is 11.5. The number of aryl methyl sites for hydroxylation is 1. The first kappa shape index (κ1) is 17.6. The highest BCUT2D eigenvalue weighted by Gasteiger charge is 2.24. The smallest absolute Gasteiger partial charge is 0.307 e. The van der Waals surface area contributed by atoms with E-state index in [4.69, 9.17) is 5.11 Å². The van der Waals surface area contributed by atoms with E-state index in [0.29, 0.717) is 6.42 Å². The van der Waals surface area contributed by atoms with Gasteiger partial charge in [0.15, 0.2) is 0 Å². The fraction of sp³-hybridized carbons (Fsp3) is 0.583. The van der Waals surface area contributed by atoms with Crippen LogP contribution in [0.15, 0.2) is 14.1 Å². The van der Waals surface area contributed by atoms with E-state index in [1.54, 1.807) is 13.0 Å². The second-order valence-electron chi connectivity index (χ2n) is 5.04. The van der Waals surface area contributed by atoms with Crippen LogP contribution in [0.1, 0.15) is 25.8 Å². The van der Waals surface area contributed by atoms with Crippen LogP contribution in [0.25, 0.3) is 0 Å². The van der Waals surface area contributed by atoms with Gasteiger partial charge in [0.2, 0.25) is 10.0 Å². The monoisotopic (exact) mass is 383 g/mol. The topological polar surface area (TPSA) is 83.5 Å². The third-order valence-corrected chi connectivity index (χ3v) is 6.76. The number of rotatable bonds is 7. The van der Waals surface area contributed by atoms with Crippen molar-refractivity contribution in [2.24, 2.45) is 11.8 Å². The number of hydrogen-bond acceptors (Lipinski definition) is 4. The molecule has 0 saturated carbocycles. The zero-order chi connectivity index (χ0) is 15.5. The van der Waals surface area contributed by atoms with Gasteiger partial charge in [-0.25, -0.2) is 13.1 Å². The molecule has 5 nitrogen and oxygen atoms in total. The molecule has 1 unspecified atom stereocenters. The van der Waals surface area contributed by atoms with Crippen molar-refractivity contribution in [2.45, 2.75) is 31.4 Å². The molecule has 8 heteroatoms. The van der Waals surface area contributed by atoms with E-state index in [1.807, 2.05) is 13.8 Å². The highest BCUT2D eigenvalue weighted by molar-refractivity contribution is 9.11. The van der Waals surface area contributed by atoms with E-state index in [9.17, 15) is 13.2 Å². The maximum atomic E-state index is 12.1. The predicted molar refractivity (Wildman–Crippen MR) is 82.5 cm³/mol. The Balaban J connectivity index is 2.78. The van der Waals surface area contributed by atoms with E-state index in [2.05, 4.69) is 20.7 Å². The van der Waals surface area contributed by atoms with Gasteiger partial charge in [-0.1, -0.05) is 13.8 Å². The fourth-order valence-corrected chi connectivity index (χ4v) is 5.04. The molecule has 0 aliphatic carbocycles. The minimum absolute atomic E-state index is 0.0928. The van der Waals surface area contributed by atoms with Gasteiger partial charge in [0.05, 0.1) is 9.70 Å². The summed E-state index contributed by atoms with van der Waals surface area (Å²) in [6.45, 7) is 5.52. The number of thiophene rings is 1. The Labute approximate surface area is 131 Å². The maximum Gasteiger partial charge on any atom is 0.307 e. The molecule has 2 N–H and O–H groups in total. The molecule has 1 atom stereocenters. The fourth-order valence-electron chi connectivity index (χ4n) is 1.69. The van der Waals surface area contributed by atoms with E-state index in [0.717, 1.165) is 20.7 Å². The van der Waals surface area contributed by atoms with Crippen LogP contribution in [0, 0.1) is 18.8 Å². The van der Waals surface area contributed by atoms with Crippen LogP contribution in [-0.4, -0.2) is 26.0 Å². The number of sulfonamides is 1. The summed E-state index contributed by atoms with van der Waals surface area (Å²) in [7, 11) is -3.65. The lowest BCUT2D eigenvalue weighted by Crippen LogP contribution is -2.33. The molecule has 0 aromatic carbocycles. The highest BCUT2D eigenvalue weighted by atomic mass is 79.9. The van der Waals surface area contributed by atoms with Crippen LogP contribution in [0.4, 0.5) is 0 Å². The molecule has 114 valence electrons. The number of hydrogen-bond donors (Lipinski definition) is 2. The summed E-state index contributed by atoms with van der Waals surface area (Å²) in [6.07, 6.45) is 0.436. The number of carboxylic acid groups (broad SMARTS) is 1. The van der Waals surface area contributed by atoms with Crippen molar-refractivity contribution < 1.29 is 18.3 Å². The molecule has 0 amide bonds. The molecule has 0 radical (unpaired) electrons. The second-order valence-corrected chi connectivity index (χ2v) is 9.40. The van der Waals surface area contributed by atoms with Gasteiger partial charge in [-0.05, 0) is 46.8 Å². The van der Waals surface area contributed by atoms with Crippen LogP contribution in [0.3, 0.4) is 0 Å². The van der Waals surface area contributed by atoms with Crippen LogP contribution in [-0.2, 0) is 14.8 Å². The van der Waals surface area contributed by atoms with Gasteiger partial charge >= 0.3 is 5.97 Å². The normalized spacial score (nSPS) is 13.7. The van der Waals surface area contributed by atoms with Crippen molar-refractivity contribution in [1.29, 1.82) is 0 Å². The van der Waals surface area contributed by atoms with Crippen molar-refractivity contribution in [2.75, 3.05) is 6.54 Å². The molecular formula is C12H18BrNO4S2. The van der Waals surface area contributed by atoms with E-state index in [1.165, 1.54) is 0 Å². The Morgan fingerprint density at radius 3 is 2.50 bits per heavy atom. The molecule has 0 saturated heterocycles. The van der Waals surface area contributed by atoms with Crippen molar-refractivity contribution in [1.82, 2.24) is 4.72 Å². The average molecular weight is 384 g/mol. The Kier molecular flexibility index (Phi) is 6.18. The highest BCUT2D eigenvalue weighted by Crippen LogP contribution is 2.30. The minimum Gasteiger partial charge on any atom is -0.481 e. The SMILES string of the molecule is Cc1cc(S(=O)(=O)NCC(CC(C)C)C(=O)O)sc1Br. The first-order chi connectivity index (χ1) is 9.13. The minimum atomic E-state index is -3.65. The van der Waals surface area contributed by atoms with Gasteiger partial charge in [-0.3, -0.25) is 4.79 Å². The standard InChI is InChI=1S/C12H18BrNO4S2/c1-7(2)4-9(12(15)16)6-14-20(17,18)10-5-8(3)11(13)19-10/h5,7,9,14H,4,6H2,1-3H3,(H,15,16). The summed E-state index contributed by atoms with van der Waals surface area (Å²) < 4.78 is 27.5. The summed E-state index contributed by atoms with van der Waals surface area (Å²) in [4.78, 5) is 11.1. The molecule has 0 aliphatic rings. The summed E-state index contributed by atoms with van der Waals surface area (Å²) >= 11 is 4.39.